The molecule has 0 aliphatic carbocycles. The lowest BCUT2D eigenvalue weighted by molar-refractivity contribution is -0.286. The van der Waals surface area contributed by atoms with Crippen LogP contribution in [0.25, 0.3) is 0 Å². The maximum atomic E-state index is 12.6. The first-order valence-corrected chi connectivity index (χ1v) is 4.36. The Kier molecular flexibility index (Phi) is 2.19. The third-order valence-corrected chi connectivity index (χ3v) is 1.99. The highest BCUT2D eigenvalue weighted by Gasteiger charge is 2.43. The smallest absolute Gasteiger partial charge is 0.395 e. The molecule has 0 spiro atoms. The number of hydrogen-bond acceptors (Lipinski definition) is 3. The Balaban J connectivity index is 2.20. The maximum Gasteiger partial charge on any atom is 0.586 e. The number of benzene rings is 1. The zero-order chi connectivity index (χ0) is 10.9. The Bertz CT molecular complexity index is 426. The van der Waals surface area contributed by atoms with Crippen LogP contribution in [0, 0.1) is 11.3 Å². The minimum Gasteiger partial charge on any atom is -0.395 e. The van der Waals surface area contributed by atoms with Gasteiger partial charge in [-0.05, 0) is 24.1 Å². The number of fused-ring (bicyclic) bond motifs is 1. The van der Waals surface area contributed by atoms with E-state index in [4.69, 9.17) is 5.26 Å². The average molecular weight is 211 g/mol. The normalized spacial score (nSPS) is 16.1. The van der Waals surface area contributed by atoms with E-state index in [2.05, 4.69) is 9.47 Å². The summed E-state index contributed by atoms with van der Waals surface area (Å²) in [6, 6.07) is 6.51. The predicted molar refractivity (Wildman–Crippen MR) is 46.6 cm³/mol. The number of halogens is 2. The molecule has 0 fully saturated rings. The molecule has 3 nitrogen and oxygen atoms in total. The second-order valence-corrected chi connectivity index (χ2v) is 3.11. The van der Waals surface area contributed by atoms with Gasteiger partial charge in [0, 0.05) is 6.42 Å². The first kappa shape index (κ1) is 9.71. The van der Waals surface area contributed by atoms with Crippen molar-refractivity contribution in [3.8, 4) is 17.6 Å². The Morgan fingerprint density at radius 3 is 2.73 bits per heavy atom. The van der Waals surface area contributed by atoms with Gasteiger partial charge in [0.1, 0.15) is 0 Å². The van der Waals surface area contributed by atoms with Gasteiger partial charge in [-0.25, -0.2) is 0 Å². The van der Waals surface area contributed by atoms with Gasteiger partial charge >= 0.3 is 6.29 Å². The van der Waals surface area contributed by atoms with E-state index in [1.165, 1.54) is 12.1 Å². The van der Waals surface area contributed by atoms with Crippen molar-refractivity contribution >= 4 is 0 Å². The maximum absolute atomic E-state index is 12.6. The number of alkyl halides is 2. The lowest BCUT2D eigenvalue weighted by atomic mass is 10.1. The van der Waals surface area contributed by atoms with Gasteiger partial charge in [0.2, 0.25) is 0 Å². The molecule has 1 aromatic carbocycles. The van der Waals surface area contributed by atoms with Gasteiger partial charge in [-0.3, -0.25) is 0 Å². The van der Waals surface area contributed by atoms with Crippen molar-refractivity contribution in [1.82, 2.24) is 0 Å². The van der Waals surface area contributed by atoms with Crippen LogP contribution < -0.4 is 9.47 Å². The highest BCUT2D eigenvalue weighted by Crippen LogP contribution is 2.41. The summed E-state index contributed by atoms with van der Waals surface area (Å²) < 4.78 is 33.8. The molecule has 2 rings (SSSR count). The fourth-order valence-electron chi connectivity index (χ4n) is 1.35. The highest BCUT2D eigenvalue weighted by molar-refractivity contribution is 5.45. The molecule has 1 aliphatic heterocycles. The molecule has 0 atom stereocenters. The molecule has 0 radical (unpaired) electrons. The summed E-state index contributed by atoms with van der Waals surface area (Å²) in [4.78, 5) is 0. The van der Waals surface area contributed by atoms with E-state index in [1.54, 1.807) is 6.07 Å². The molecular formula is C10H7F2NO2. The zero-order valence-electron chi connectivity index (χ0n) is 7.67. The lowest BCUT2D eigenvalue weighted by Crippen LogP contribution is -2.25. The molecule has 0 aromatic heterocycles. The van der Waals surface area contributed by atoms with Gasteiger partial charge in [0.15, 0.2) is 11.5 Å². The fourth-order valence-corrected chi connectivity index (χ4v) is 1.35. The summed E-state index contributed by atoms with van der Waals surface area (Å²) in [5, 5.41) is 8.38. The summed E-state index contributed by atoms with van der Waals surface area (Å²) >= 11 is 0. The van der Waals surface area contributed by atoms with Crippen LogP contribution in [0.4, 0.5) is 8.78 Å². The molecule has 0 bridgehead atoms. The standard InChI is InChI=1S/C10H7F2NO2/c11-10(12)14-8-4-3-7(2-1-5-13)6-9(8)15-10/h3-4,6H,1-2H2. The van der Waals surface area contributed by atoms with Crippen molar-refractivity contribution in [2.75, 3.05) is 0 Å². The summed E-state index contributed by atoms with van der Waals surface area (Å²) in [6.07, 6.45) is -2.72. The SMILES string of the molecule is N#CCCc1ccc2c(c1)OC(F)(F)O2. The van der Waals surface area contributed by atoms with E-state index in [0.29, 0.717) is 12.8 Å². The highest BCUT2D eigenvalue weighted by atomic mass is 19.3. The number of nitrogens with zero attached hydrogens (tertiary/aromatic N) is 1. The van der Waals surface area contributed by atoms with Gasteiger partial charge in [-0.15, -0.1) is 8.78 Å². The van der Waals surface area contributed by atoms with E-state index < -0.39 is 6.29 Å². The van der Waals surface area contributed by atoms with Crippen molar-refractivity contribution in [2.24, 2.45) is 0 Å². The van der Waals surface area contributed by atoms with Gasteiger partial charge in [0.25, 0.3) is 0 Å². The molecule has 0 amide bonds. The number of aryl methyl sites for hydroxylation is 1. The molecule has 15 heavy (non-hydrogen) atoms. The van der Waals surface area contributed by atoms with Crippen LogP contribution in [-0.2, 0) is 6.42 Å². The molecule has 0 saturated heterocycles. The van der Waals surface area contributed by atoms with E-state index in [1.807, 2.05) is 6.07 Å². The van der Waals surface area contributed by atoms with E-state index >= 15 is 0 Å². The first-order chi connectivity index (χ1) is 7.11. The molecule has 0 N–H and O–H groups in total. The molecule has 0 saturated carbocycles. The predicted octanol–water partition coefficient (Wildman–Crippen LogP) is 2.46. The number of ether oxygens (including phenoxy) is 2. The summed E-state index contributed by atoms with van der Waals surface area (Å²) in [5.74, 6) is 0.0520. The quantitative estimate of drug-likeness (QED) is 0.754. The molecule has 1 aliphatic rings. The molecular weight excluding hydrogens is 204 g/mol. The number of rotatable bonds is 2. The van der Waals surface area contributed by atoms with Gasteiger partial charge in [-0.1, -0.05) is 6.07 Å². The minimum absolute atomic E-state index is 0.0236. The van der Waals surface area contributed by atoms with E-state index in [0.717, 1.165) is 5.56 Å². The topological polar surface area (TPSA) is 42.2 Å². The second-order valence-electron chi connectivity index (χ2n) is 3.11. The first-order valence-electron chi connectivity index (χ1n) is 4.36. The Hall–Kier alpha value is -1.83. The van der Waals surface area contributed by atoms with Crippen molar-refractivity contribution in [1.29, 1.82) is 5.26 Å². The third kappa shape index (κ3) is 1.99. The summed E-state index contributed by atoms with van der Waals surface area (Å²) in [5.41, 5.74) is 0.775. The molecule has 5 heteroatoms. The van der Waals surface area contributed by atoms with Gasteiger partial charge < -0.3 is 9.47 Å². The lowest BCUT2D eigenvalue weighted by Gasteiger charge is -2.04. The Morgan fingerprint density at radius 1 is 1.27 bits per heavy atom. The van der Waals surface area contributed by atoms with Gasteiger partial charge in [0.05, 0.1) is 6.07 Å². The molecule has 0 unspecified atom stereocenters. The summed E-state index contributed by atoms with van der Waals surface area (Å²) in [7, 11) is 0. The summed E-state index contributed by atoms with van der Waals surface area (Å²) in [6.45, 7) is 0. The Labute approximate surface area is 84.8 Å². The van der Waals surface area contributed by atoms with Crippen LogP contribution in [0.1, 0.15) is 12.0 Å². The van der Waals surface area contributed by atoms with E-state index in [-0.39, 0.29) is 11.5 Å². The zero-order valence-corrected chi connectivity index (χ0v) is 7.67. The second kappa shape index (κ2) is 3.39. The van der Waals surface area contributed by atoms with Crippen molar-refractivity contribution < 1.29 is 18.3 Å². The molecule has 78 valence electrons. The average Bonchev–Trinajstić information content (AvgIpc) is 2.47. The Morgan fingerprint density at radius 2 is 2.00 bits per heavy atom. The van der Waals surface area contributed by atoms with E-state index in [9.17, 15) is 8.78 Å². The van der Waals surface area contributed by atoms with Crippen LogP contribution >= 0.6 is 0 Å². The third-order valence-electron chi connectivity index (χ3n) is 1.99. The largest absolute Gasteiger partial charge is 0.586 e. The molecule has 1 aromatic rings. The van der Waals surface area contributed by atoms with Crippen LogP contribution in [0.15, 0.2) is 18.2 Å². The van der Waals surface area contributed by atoms with Crippen molar-refractivity contribution in [2.45, 2.75) is 19.1 Å². The number of nitriles is 1. The van der Waals surface area contributed by atoms with Gasteiger partial charge in [-0.2, -0.15) is 5.26 Å². The van der Waals surface area contributed by atoms with Crippen LogP contribution in [0.3, 0.4) is 0 Å². The van der Waals surface area contributed by atoms with Crippen molar-refractivity contribution in [3.05, 3.63) is 23.8 Å². The van der Waals surface area contributed by atoms with Crippen molar-refractivity contribution in [3.63, 3.8) is 0 Å². The van der Waals surface area contributed by atoms with Crippen LogP contribution in [0.5, 0.6) is 11.5 Å². The number of hydrogen-bond donors (Lipinski definition) is 0. The minimum atomic E-state index is -3.57. The van der Waals surface area contributed by atoms with Crippen LogP contribution in [-0.4, -0.2) is 6.29 Å². The fraction of sp³-hybridized carbons (Fsp3) is 0.300. The van der Waals surface area contributed by atoms with Crippen LogP contribution in [0.2, 0.25) is 0 Å². The monoisotopic (exact) mass is 211 g/mol. The molecule has 1 heterocycles.